The van der Waals surface area contributed by atoms with Crippen molar-refractivity contribution >= 4 is 5.95 Å². The third-order valence-corrected chi connectivity index (χ3v) is 3.73. The third kappa shape index (κ3) is 2.80. The van der Waals surface area contributed by atoms with Crippen LogP contribution in [0.2, 0.25) is 0 Å². The average molecular weight is 255 g/mol. The van der Waals surface area contributed by atoms with Gasteiger partial charge in [0.2, 0.25) is 5.95 Å². The molecule has 1 aromatic carbocycles. The largest absolute Gasteiger partial charge is 0.355 e. The van der Waals surface area contributed by atoms with E-state index in [0.29, 0.717) is 12.0 Å². The number of aromatic nitrogens is 2. The minimum atomic E-state index is 0.492. The highest BCUT2D eigenvalue weighted by Crippen LogP contribution is 2.37. The van der Waals surface area contributed by atoms with E-state index in [4.69, 9.17) is 0 Å². The molecule has 100 valence electrons. The number of rotatable bonds is 5. The van der Waals surface area contributed by atoms with Crippen molar-refractivity contribution in [2.75, 3.05) is 11.9 Å². The zero-order chi connectivity index (χ0) is 13.2. The summed E-state index contributed by atoms with van der Waals surface area (Å²) in [4.78, 5) is 4.59. The first-order valence-corrected chi connectivity index (χ1v) is 7.08. The van der Waals surface area contributed by atoms with Crippen LogP contribution in [0, 0.1) is 6.92 Å². The van der Waals surface area contributed by atoms with Crippen LogP contribution in [0.3, 0.4) is 0 Å². The van der Waals surface area contributed by atoms with E-state index < -0.39 is 0 Å². The SMILES string of the molecule is Cc1cn(C2CC2)c(NCC(C)c2ccccc2)n1. The first-order chi connectivity index (χ1) is 9.24. The lowest BCUT2D eigenvalue weighted by Crippen LogP contribution is -2.13. The summed E-state index contributed by atoms with van der Waals surface area (Å²) in [7, 11) is 0. The van der Waals surface area contributed by atoms with Crippen LogP contribution < -0.4 is 5.32 Å². The van der Waals surface area contributed by atoms with Gasteiger partial charge in [0.15, 0.2) is 0 Å². The molecule has 0 aliphatic heterocycles. The molecule has 1 aliphatic rings. The molecule has 0 bridgehead atoms. The van der Waals surface area contributed by atoms with Crippen LogP contribution >= 0.6 is 0 Å². The molecule has 3 rings (SSSR count). The van der Waals surface area contributed by atoms with Gasteiger partial charge in [0.25, 0.3) is 0 Å². The molecule has 19 heavy (non-hydrogen) atoms. The van der Waals surface area contributed by atoms with Crippen LogP contribution in [0.25, 0.3) is 0 Å². The fourth-order valence-corrected chi connectivity index (χ4v) is 2.42. The fourth-order valence-electron chi connectivity index (χ4n) is 2.42. The summed E-state index contributed by atoms with van der Waals surface area (Å²) >= 11 is 0. The number of anilines is 1. The van der Waals surface area contributed by atoms with Gasteiger partial charge in [-0.2, -0.15) is 0 Å². The number of nitrogens with one attached hydrogen (secondary N) is 1. The van der Waals surface area contributed by atoms with Gasteiger partial charge in [-0.05, 0) is 31.2 Å². The van der Waals surface area contributed by atoms with Gasteiger partial charge in [-0.25, -0.2) is 4.98 Å². The number of nitrogens with zero attached hydrogens (tertiary/aromatic N) is 2. The Hall–Kier alpha value is -1.77. The molecular weight excluding hydrogens is 234 g/mol. The Labute approximate surface area is 114 Å². The van der Waals surface area contributed by atoms with Crippen molar-refractivity contribution in [1.82, 2.24) is 9.55 Å². The minimum Gasteiger partial charge on any atom is -0.355 e. The maximum Gasteiger partial charge on any atom is 0.203 e. The van der Waals surface area contributed by atoms with Crippen LogP contribution in [0.5, 0.6) is 0 Å². The molecule has 1 unspecified atom stereocenters. The van der Waals surface area contributed by atoms with Crippen LogP contribution in [0.15, 0.2) is 36.5 Å². The maximum absolute atomic E-state index is 4.59. The second-order valence-electron chi connectivity index (χ2n) is 5.54. The molecule has 1 atom stereocenters. The number of hydrogen-bond acceptors (Lipinski definition) is 2. The van der Waals surface area contributed by atoms with Crippen molar-refractivity contribution in [3.05, 3.63) is 47.8 Å². The summed E-state index contributed by atoms with van der Waals surface area (Å²) in [5, 5.41) is 3.51. The van der Waals surface area contributed by atoms with E-state index in [-0.39, 0.29) is 0 Å². The van der Waals surface area contributed by atoms with E-state index in [9.17, 15) is 0 Å². The standard InChI is InChI=1S/C16H21N3/c1-12(14-6-4-3-5-7-14)10-17-16-18-13(2)11-19(16)15-8-9-15/h3-7,11-12,15H,8-10H2,1-2H3,(H,17,18). The molecule has 0 spiro atoms. The second kappa shape index (κ2) is 5.08. The van der Waals surface area contributed by atoms with Gasteiger partial charge >= 0.3 is 0 Å². The smallest absolute Gasteiger partial charge is 0.203 e. The monoisotopic (exact) mass is 255 g/mol. The Morgan fingerprint density at radius 3 is 2.74 bits per heavy atom. The number of benzene rings is 1. The molecule has 0 amide bonds. The molecule has 1 N–H and O–H groups in total. The molecule has 0 saturated heterocycles. The fraction of sp³-hybridized carbons (Fsp3) is 0.438. The molecule has 1 aliphatic carbocycles. The quantitative estimate of drug-likeness (QED) is 0.882. The zero-order valence-corrected chi connectivity index (χ0v) is 11.6. The molecule has 3 nitrogen and oxygen atoms in total. The Bertz CT molecular complexity index is 540. The van der Waals surface area contributed by atoms with E-state index in [2.05, 4.69) is 65.2 Å². The third-order valence-electron chi connectivity index (χ3n) is 3.73. The molecule has 3 heteroatoms. The van der Waals surface area contributed by atoms with Gasteiger partial charge in [-0.15, -0.1) is 0 Å². The van der Waals surface area contributed by atoms with Crippen LogP contribution in [-0.2, 0) is 0 Å². The van der Waals surface area contributed by atoms with Crippen molar-refractivity contribution in [2.24, 2.45) is 0 Å². The topological polar surface area (TPSA) is 29.9 Å². The second-order valence-corrected chi connectivity index (χ2v) is 5.54. The van der Waals surface area contributed by atoms with Crippen molar-refractivity contribution in [3.63, 3.8) is 0 Å². The Morgan fingerprint density at radius 2 is 2.05 bits per heavy atom. The lowest BCUT2D eigenvalue weighted by atomic mass is 10.0. The summed E-state index contributed by atoms with van der Waals surface area (Å²) in [6.07, 6.45) is 4.74. The van der Waals surface area contributed by atoms with Gasteiger partial charge in [-0.3, -0.25) is 0 Å². The molecule has 0 radical (unpaired) electrons. The number of aryl methyl sites for hydroxylation is 1. The number of hydrogen-bond donors (Lipinski definition) is 1. The first-order valence-electron chi connectivity index (χ1n) is 7.08. The van der Waals surface area contributed by atoms with Gasteiger partial charge in [0.1, 0.15) is 0 Å². The van der Waals surface area contributed by atoms with E-state index in [0.717, 1.165) is 18.2 Å². The lowest BCUT2D eigenvalue weighted by Gasteiger charge is -2.14. The predicted octanol–water partition coefficient (Wildman–Crippen LogP) is 3.74. The Kier molecular flexibility index (Phi) is 3.28. The van der Waals surface area contributed by atoms with E-state index >= 15 is 0 Å². The Morgan fingerprint density at radius 1 is 1.32 bits per heavy atom. The molecule has 2 aromatic rings. The summed E-state index contributed by atoms with van der Waals surface area (Å²) < 4.78 is 2.30. The summed E-state index contributed by atoms with van der Waals surface area (Å²) in [5.41, 5.74) is 2.47. The van der Waals surface area contributed by atoms with Crippen molar-refractivity contribution in [3.8, 4) is 0 Å². The first kappa shape index (κ1) is 12.3. The lowest BCUT2D eigenvalue weighted by molar-refractivity contribution is 0.727. The summed E-state index contributed by atoms with van der Waals surface area (Å²) in [6, 6.07) is 11.3. The van der Waals surface area contributed by atoms with Crippen LogP contribution in [0.4, 0.5) is 5.95 Å². The molecule has 1 fully saturated rings. The van der Waals surface area contributed by atoms with Gasteiger partial charge < -0.3 is 9.88 Å². The highest BCUT2D eigenvalue weighted by atomic mass is 15.2. The zero-order valence-electron chi connectivity index (χ0n) is 11.6. The predicted molar refractivity (Wildman–Crippen MR) is 78.6 cm³/mol. The van der Waals surface area contributed by atoms with Crippen LogP contribution in [-0.4, -0.2) is 16.1 Å². The molecule has 1 heterocycles. The Balaban J connectivity index is 1.66. The van der Waals surface area contributed by atoms with E-state index in [1.165, 1.54) is 18.4 Å². The van der Waals surface area contributed by atoms with Crippen LogP contribution in [0.1, 0.15) is 43.0 Å². The van der Waals surface area contributed by atoms with E-state index in [1.54, 1.807) is 0 Å². The highest BCUT2D eigenvalue weighted by Gasteiger charge is 2.26. The van der Waals surface area contributed by atoms with Gasteiger partial charge in [-0.1, -0.05) is 37.3 Å². The molecule has 1 saturated carbocycles. The minimum absolute atomic E-state index is 0.492. The molecular formula is C16H21N3. The molecule has 1 aromatic heterocycles. The van der Waals surface area contributed by atoms with Gasteiger partial charge in [0.05, 0.1) is 5.69 Å². The van der Waals surface area contributed by atoms with Crippen molar-refractivity contribution in [2.45, 2.75) is 38.6 Å². The van der Waals surface area contributed by atoms with Crippen molar-refractivity contribution in [1.29, 1.82) is 0 Å². The summed E-state index contributed by atoms with van der Waals surface area (Å²) in [5.74, 6) is 1.52. The van der Waals surface area contributed by atoms with E-state index in [1.807, 2.05) is 0 Å². The highest BCUT2D eigenvalue weighted by molar-refractivity contribution is 5.32. The summed E-state index contributed by atoms with van der Waals surface area (Å²) in [6.45, 7) is 5.23. The number of imidazole rings is 1. The normalized spacial score (nSPS) is 16.3. The average Bonchev–Trinajstić information content (AvgIpc) is 3.21. The van der Waals surface area contributed by atoms with Gasteiger partial charge in [0, 0.05) is 18.8 Å². The maximum atomic E-state index is 4.59. The van der Waals surface area contributed by atoms with Crippen molar-refractivity contribution < 1.29 is 0 Å².